The average Bonchev–Trinajstić information content (AvgIpc) is 2.60. The number of pyridine rings is 1. The van der Waals surface area contributed by atoms with Gasteiger partial charge in [-0.15, -0.1) is 0 Å². The molecule has 1 aromatic heterocycles. The van der Waals surface area contributed by atoms with E-state index in [0.29, 0.717) is 0 Å². The Balaban J connectivity index is 2.07. The highest BCUT2D eigenvalue weighted by Crippen LogP contribution is 2.34. The van der Waals surface area contributed by atoms with E-state index in [0.717, 1.165) is 28.6 Å². The van der Waals surface area contributed by atoms with Crippen LogP contribution >= 0.6 is 22.6 Å². The number of hydrogen-bond acceptors (Lipinski definition) is 2. The fraction of sp³-hybridized carbons (Fsp3) is 0.273. The molecule has 0 fully saturated rings. The van der Waals surface area contributed by atoms with Crippen LogP contribution in [0.1, 0.15) is 49.0 Å². The van der Waals surface area contributed by atoms with Crippen LogP contribution in [0.3, 0.4) is 0 Å². The molecule has 26 heavy (non-hydrogen) atoms. The molecule has 2 atom stereocenters. The van der Waals surface area contributed by atoms with Crippen molar-refractivity contribution in [3.05, 3.63) is 75.0 Å². The van der Waals surface area contributed by atoms with Gasteiger partial charge >= 0.3 is 0 Å². The molecular weight excluding hydrogens is 435 g/mol. The minimum Gasteiger partial charge on any atom is -0.349 e. The maximum Gasteiger partial charge on any atom is 0.217 e. The molecule has 0 saturated carbocycles. The van der Waals surface area contributed by atoms with Gasteiger partial charge in [0.15, 0.2) is 0 Å². The first kappa shape index (κ1) is 18.8. The number of para-hydroxylation sites is 1. The van der Waals surface area contributed by atoms with Crippen molar-refractivity contribution >= 4 is 39.4 Å². The number of hydrogen-bond donors (Lipinski definition) is 1. The Morgan fingerprint density at radius 3 is 2.62 bits per heavy atom. The molecule has 0 saturated heterocycles. The van der Waals surface area contributed by atoms with Crippen molar-refractivity contribution in [2.75, 3.05) is 0 Å². The summed E-state index contributed by atoms with van der Waals surface area (Å²) in [6.45, 7) is 5.82. The Morgan fingerprint density at radius 2 is 1.92 bits per heavy atom. The lowest BCUT2D eigenvalue weighted by Crippen LogP contribution is -2.31. The van der Waals surface area contributed by atoms with Gasteiger partial charge < -0.3 is 5.32 Å². The van der Waals surface area contributed by atoms with Crippen LogP contribution in [0.5, 0.6) is 0 Å². The second-order valence-electron chi connectivity index (χ2n) is 6.68. The summed E-state index contributed by atoms with van der Waals surface area (Å²) >= 11 is 2.33. The summed E-state index contributed by atoms with van der Waals surface area (Å²) in [4.78, 5) is 16.8. The van der Waals surface area contributed by atoms with Crippen LogP contribution in [0.15, 0.2) is 54.6 Å². The Morgan fingerprint density at radius 1 is 1.15 bits per heavy atom. The van der Waals surface area contributed by atoms with Gasteiger partial charge in [-0.05, 0) is 71.3 Å². The molecular formula is C22H23IN2O. The molecule has 1 amide bonds. The quantitative estimate of drug-likeness (QED) is 0.512. The predicted molar refractivity (Wildman–Crippen MR) is 115 cm³/mol. The SMILES string of the molecule is CC[C@H](c1ccc2ccccc2n1)[C@H](NC(C)=O)c1cc(C)cc(I)c1. The number of aromatic nitrogens is 1. The maximum absolute atomic E-state index is 11.9. The Bertz CT molecular complexity index is 918. The summed E-state index contributed by atoms with van der Waals surface area (Å²) in [5, 5.41) is 4.30. The second-order valence-corrected chi connectivity index (χ2v) is 7.93. The summed E-state index contributed by atoms with van der Waals surface area (Å²) < 4.78 is 1.18. The molecule has 1 N–H and O–H groups in total. The molecule has 4 heteroatoms. The highest BCUT2D eigenvalue weighted by molar-refractivity contribution is 14.1. The second kappa shape index (κ2) is 8.16. The van der Waals surface area contributed by atoms with E-state index in [1.54, 1.807) is 6.92 Å². The lowest BCUT2D eigenvalue weighted by atomic mass is 9.87. The zero-order valence-corrected chi connectivity index (χ0v) is 17.4. The van der Waals surface area contributed by atoms with Crippen molar-refractivity contribution < 1.29 is 4.79 Å². The van der Waals surface area contributed by atoms with E-state index in [2.05, 4.69) is 78.2 Å². The molecule has 0 spiro atoms. The van der Waals surface area contributed by atoms with Crippen LogP contribution in [0.25, 0.3) is 10.9 Å². The molecule has 0 aliphatic heterocycles. The van der Waals surface area contributed by atoms with Gasteiger partial charge in [0.25, 0.3) is 0 Å². The van der Waals surface area contributed by atoms with E-state index in [9.17, 15) is 4.79 Å². The zero-order valence-electron chi connectivity index (χ0n) is 15.3. The zero-order chi connectivity index (χ0) is 18.7. The number of aryl methyl sites for hydroxylation is 1. The third-order valence-corrected chi connectivity index (χ3v) is 5.25. The van der Waals surface area contributed by atoms with E-state index in [4.69, 9.17) is 4.98 Å². The van der Waals surface area contributed by atoms with Gasteiger partial charge in [0.2, 0.25) is 5.91 Å². The molecule has 3 aromatic rings. The van der Waals surface area contributed by atoms with E-state index >= 15 is 0 Å². The van der Waals surface area contributed by atoms with Crippen molar-refractivity contribution in [1.29, 1.82) is 0 Å². The predicted octanol–water partition coefficient (Wildman–Crippen LogP) is 5.52. The number of carbonyl (C=O) groups excluding carboxylic acids is 1. The van der Waals surface area contributed by atoms with Crippen molar-refractivity contribution in [3.63, 3.8) is 0 Å². The number of carbonyl (C=O) groups is 1. The third-order valence-electron chi connectivity index (χ3n) is 4.62. The van der Waals surface area contributed by atoms with Crippen LogP contribution in [0, 0.1) is 10.5 Å². The summed E-state index contributed by atoms with van der Waals surface area (Å²) in [6.07, 6.45) is 0.890. The van der Waals surface area contributed by atoms with Gasteiger partial charge in [0, 0.05) is 27.5 Å². The topological polar surface area (TPSA) is 42.0 Å². The van der Waals surface area contributed by atoms with Gasteiger partial charge in [-0.2, -0.15) is 0 Å². The van der Waals surface area contributed by atoms with E-state index in [1.807, 2.05) is 18.2 Å². The Hall–Kier alpha value is -1.95. The standard InChI is InChI=1S/C22H23IN2O/c1-4-19(21-10-9-16-7-5-6-8-20(16)25-21)22(24-15(3)26)17-11-14(2)12-18(23)13-17/h5-13,19,22H,4H2,1-3H3,(H,24,26)/t19-,22-/m1/s1. The molecule has 0 aliphatic rings. The number of fused-ring (bicyclic) bond motifs is 1. The molecule has 0 aliphatic carbocycles. The van der Waals surface area contributed by atoms with Gasteiger partial charge in [-0.25, -0.2) is 0 Å². The molecule has 3 nitrogen and oxygen atoms in total. The number of nitrogens with zero attached hydrogens (tertiary/aromatic N) is 1. The third kappa shape index (κ3) is 4.23. The van der Waals surface area contributed by atoms with Crippen molar-refractivity contribution in [1.82, 2.24) is 10.3 Å². The highest BCUT2D eigenvalue weighted by atomic mass is 127. The Labute approximate surface area is 168 Å². The normalized spacial score (nSPS) is 13.4. The fourth-order valence-corrected chi connectivity index (χ4v) is 4.33. The summed E-state index contributed by atoms with van der Waals surface area (Å²) in [6, 6.07) is 18.7. The average molecular weight is 458 g/mol. The lowest BCUT2D eigenvalue weighted by Gasteiger charge is -2.28. The Kier molecular flexibility index (Phi) is 5.91. The summed E-state index contributed by atoms with van der Waals surface area (Å²) in [5.74, 6) is 0.0897. The smallest absolute Gasteiger partial charge is 0.217 e. The molecule has 0 unspecified atom stereocenters. The van der Waals surface area contributed by atoms with Crippen molar-refractivity contribution in [2.24, 2.45) is 0 Å². The van der Waals surface area contributed by atoms with Gasteiger partial charge in [0.05, 0.1) is 11.6 Å². The first-order valence-corrected chi connectivity index (χ1v) is 9.95. The van der Waals surface area contributed by atoms with Crippen LogP contribution < -0.4 is 5.32 Å². The maximum atomic E-state index is 11.9. The molecule has 0 bridgehead atoms. The van der Waals surface area contributed by atoms with Gasteiger partial charge in [-0.1, -0.05) is 37.3 Å². The first-order chi connectivity index (χ1) is 12.5. The van der Waals surface area contributed by atoms with Crippen LogP contribution in [0.2, 0.25) is 0 Å². The van der Waals surface area contributed by atoms with Gasteiger partial charge in [-0.3, -0.25) is 9.78 Å². The monoisotopic (exact) mass is 458 g/mol. The van der Waals surface area contributed by atoms with Crippen LogP contribution in [0.4, 0.5) is 0 Å². The fourth-order valence-electron chi connectivity index (χ4n) is 3.48. The molecule has 3 rings (SSSR count). The van der Waals surface area contributed by atoms with Crippen LogP contribution in [-0.4, -0.2) is 10.9 Å². The first-order valence-electron chi connectivity index (χ1n) is 8.88. The minimum absolute atomic E-state index is 0.0225. The number of nitrogens with one attached hydrogen (secondary N) is 1. The molecule has 134 valence electrons. The summed E-state index contributed by atoms with van der Waals surface area (Å²) in [5.41, 5.74) is 4.33. The highest BCUT2D eigenvalue weighted by Gasteiger charge is 2.26. The molecule has 1 heterocycles. The number of rotatable bonds is 5. The largest absolute Gasteiger partial charge is 0.349 e. The summed E-state index contributed by atoms with van der Waals surface area (Å²) in [7, 11) is 0. The van der Waals surface area contributed by atoms with Crippen molar-refractivity contribution in [2.45, 2.75) is 39.2 Å². The number of halogens is 1. The number of benzene rings is 2. The van der Waals surface area contributed by atoms with Crippen LogP contribution in [-0.2, 0) is 4.79 Å². The van der Waals surface area contributed by atoms with E-state index in [1.165, 1.54) is 9.13 Å². The number of amides is 1. The van der Waals surface area contributed by atoms with Crippen molar-refractivity contribution in [3.8, 4) is 0 Å². The lowest BCUT2D eigenvalue weighted by molar-refractivity contribution is -0.119. The minimum atomic E-state index is -0.0976. The van der Waals surface area contributed by atoms with E-state index in [-0.39, 0.29) is 17.9 Å². The molecule has 2 aromatic carbocycles. The molecule has 0 radical (unpaired) electrons. The van der Waals surface area contributed by atoms with Gasteiger partial charge in [0.1, 0.15) is 0 Å². The van der Waals surface area contributed by atoms with E-state index < -0.39 is 0 Å².